The Kier molecular flexibility index (Phi) is 6.27. The quantitative estimate of drug-likeness (QED) is 0.717. The molecule has 0 aliphatic carbocycles. The van der Waals surface area contributed by atoms with E-state index >= 15 is 0 Å². The van der Waals surface area contributed by atoms with Gasteiger partial charge in [0.1, 0.15) is 0 Å². The Morgan fingerprint density at radius 3 is 2.28 bits per heavy atom. The van der Waals surface area contributed by atoms with Crippen LogP contribution in [0.3, 0.4) is 0 Å². The van der Waals surface area contributed by atoms with Gasteiger partial charge in [0, 0.05) is 31.1 Å². The van der Waals surface area contributed by atoms with Crippen LogP contribution < -0.4 is 0 Å². The minimum atomic E-state index is -0.520. The molecule has 0 aliphatic rings. The molecule has 2 aromatic rings. The maximum Gasteiger partial charge on any atom is 0.337 e. The monoisotopic (exact) mass is 345 g/mol. The lowest BCUT2D eigenvalue weighted by Gasteiger charge is -2.22. The Hall–Kier alpha value is -2.70. The van der Waals surface area contributed by atoms with Gasteiger partial charge in [-0.2, -0.15) is 4.98 Å². The number of carbonyl (C=O) groups excluding carboxylic acids is 2. The Morgan fingerprint density at radius 1 is 1.12 bits per heavy atom. The van der Waals surface area contributed by atoms with E-state index in [1.165, 1.54) is 7.11 Å². The van der Waals surface area contributed by atoms with Crippen molar-refractivity contribution in [1.82, 2.24) is 15.0 Å². The third-order valence-corrected chi connectivity index (χ3v) is 3.66. The van der Waals surface area contributed by atoms with Crippen molar-refractivity contribution in [2.24, 2.45) is 0 Å². The predicted molar refractivity (Wildman–Crippen MR) is 92.3 cm³/mol. The normalized spacial score (nSPS) is 10.6. The smallest absolute Gasteiger partial charge is 0.337 e. The van der Waals surface area contributed by atoms with Crippen molar-refractivity contribution in [1.29, 1.82) is 0 Å². The molecule has 0 spiro atoms. The number of aryl methyl sites for hydroxylation is 1. The minimum absolute atomic E-state index is 0.129. The number of nitrogens with zero attached hydrogens (tertiary/aromatic N) is 3. The molecular formula is C18H23N3O4. The lowest BCUT2D eigenvalue weighted by Crippen LogP contribution is -2.32. The molecule has 7 heteroatoms. The van der Waals surface area contributed by atoms with Crippen LogP contribution in [0.5, 0.6) is 0 Å². The van der Waals surface area contributed by atoms with Crippen molar-refractivity contribution >= 4 is 11.9 Å². The summed E-state index contributed by atoms with van der Waals surface area (Å²) in [5.74, 6) is 0.0874. The molecule has 25 heavy (non-hydrogen) atoms. The molecule has 7 nitrogen and oxygen atoms in total. The summed E-state index contributed by atoms with van der Waals surface area (Å²) in [5, 5.41) is 3.87. The molecule has 0 radical (unpaired) electrons. The van der Waals surface area contributed by atoms with E-state index in [1.807, 2.05) is 13.8 Å². The number of aromatic nitrogens is 2. The third kappa shape index (κ3) is 4.43. The molecule has 0 saturated heterocycles. The molecule has 134 valence electrons. The highest BCUT2D eigenvalue weighted by Gasteiger charge is 2.20. The zero-order valence-corrected chi connectivity index (χ0v) is 15.0. The molecule has 0 aliphatic heterocycles. The van der Waals surface area contributed by atoms with Gasteiger partial charge in [-0.3, -0.25) is 4.79 Å². The standard InChI is InChI=1S/C18H23N3O4/c1-5-7-21(8-6-2)17(22)14-9-13(16-19-12(3)25-20-16)10-15(11-14)18(23)24-4/h9-11H,5-8H2,1-4H3. The number of carbonyl (C=O) groups is 2. The molecule has 0 N–H and O–H groups in total. The Bertz CT molecular complexity index is 749. The second kappa shape index (κ2) is 8.41. The van der Waals surface area contributed by atoms with Gasteiger partial charge in [0.15, 0.2) is 0 Å². The van der Waals surface area contributed by atoms with Crippen LogP contribution in [-0.4, -0.2) is 47.1 Å². The van der Waals surface area contributed by atoms with Crippen LogP contribution in [0.25, 0.3) is 11.4 Å². The Labute approximate surface area is 147 Å². The number of esters is 1. The highest BCUT2D eigenvalue weighted by atomic mass is 16.5. The lowest BCUT2D eigenvalue weighted by atomic mass is 10.0. The van der Waals surface area contributed by atoms with Crippen LogP contribution in [0.4, 0.5) is 0 Å². The maximum atomic E-state index is 12.9. The van der Waals surface area contributed by atoms with E-state index in [9.17, 15) is 9.59 Å². The van der Waals surface area contributed by atoms with Crippen LogP contribution >= 0.6 is 0 Å². The maximum absolute atomic E-state index is 12.9. The van der Waals surface area contributed by atoms with E-state index in [0.717, 1.165) is 12.8 Å². The zero-order chi connectivity index (χ0) is 18.4. The van der Waals surface area contributed by atoms with Crippen molar-refractivity contribution < 1.29 is 18.8 Å². The first kappa shape index (κ1) is 18.6. The molecule has 1 aromatic carbocycles. The van der Waals surface area contributed by atoms with Crippen LogP contribution in [0.1, 0.15) is 53.3 Å². The second-order valence-corrected chi connectivity index (χ2v) is 5.72. The van der Waals surface area contributed by atoms with Gasteiger partial charge in [0.05, 0.1) is 12.7 Å². The highest BCUT2D eigenvalue weighted by molar-refractivity contribution is 5.99. The Morgan fingerprint density at radius 2 is 1.76 bits per heavy atom. The average molecular weight is 345 g/mol. The van der Waals surface area contributed by atoms with Crippen molar-refractivity contribution in [2.75, 3.05) is 20.2 Å². The predicted octanol–water partition coefficient (Wildman–Crippen LogP) is 3.09. The number of rotatable bonds is 7. The van der Waals surface area contributed by atoms with E-state index in [2.05, 4.69) is 10.1 Å². The van der Waals surface area contributed by atoms with Crippen molar-refractivity contribution in [3.63, 3.8) is 0 Å². The largest absolute Gasteiger partial charge is 0.465 e. The molecule has 0 unspecified atom stereocenters. The minimum Gasteiger partial charge on any atom is -0.465 e. The van der Waals surface area contributed by atoms with Gasteiger partial charge < -0.3 is 14.2 Å². The van der Waals surface area contributed by atoms with E-state index in [1.54, 1.807) is 30.0 Å². The fraction of sp³-hybridized carbons (Fsp3) is 0.444. The zero-order valence-electron chi connectivity index (χ0n) is 15.0. The van der Waals surface area contributed by atoms with Crippen molar-refractivity contribution in [3.05, 3.63) is 35.2 Å². The van der Waals surface area contributed by atoms with Gasteiger partial charge in [-0.05, 0) is 31.0 Å². The van der Waals surface area contributed by atoms with Crippen LogP contribution in [0.15, 0.2) is 22.7 Å². The van der Waals surface area contributed by atoms with E-state index in [0.29, 0.717) is 35.9 Å². The van der Waals surface area contributed by atoms with E-state index in [-0.39, 0.29) is 11.5 Å². The molecule has 0 saturated carbocycles. The van der Waals surface area contributed by atoms with Gasteiger partial charge >= 0.3 is 5.97 Å². The molecule has 1 heterocycles. The number of methoxy groups -OCH3 is 1. The van der Waals surface area contributed by atoms with Crippen LogP contribution in [0.2, 0.25) is 0 Å². The Balaban J connectivity index is 2.48. The number of hydrogen-bond acceptors (Lipinski definition) is 6. The number of benzene rings is 1. The molecule has 1 aromatic heterocycles. The van der Waals surface area contributed by atoms with Crippen LogP contribution in [-0.2, 0) is 4.74 Å². The summed E-state index contributed by atoms with van der Waals surface area (Å²) in [5.41, 5.74) is 1.22. The molecule has 2 rings (SSSR count). The molecule has 0 atom stereocenters. The fourth-order valence-corrected chi connectivity index (χ4v) is 2.57. The summed E-state index contributed by atoms with van der Waals surface area (Å²) in [6.45, 7) is 7.04. The van der Waals surface area contributed by atoms with Gasteiger partial charge in [-0.25, -0.2) is 4.79 Å². The fourth-order valence-electron chi connectivity index (χ4n) is 2.57. The summed E-state index contributed by atoms with van der Waals surface area (Å²) in [6, 6.07) is 4.82. The highest BCUT2D eigenvalue weighted by Crippen LogP contribution is 2.22. The summed E-state index contributed by atoms with van der Waals surface area (Å²) in [4.78, 5) is 30.8. The lowest BCUT2D eigenvalue weighted by molar-refractivity contribution is 0.0600. The van der Waals surface area contributed by atoms with E-state index in [4.69, 9.17) is 9.26 Å². The topological polar surface area (TPSA) is 85.5 Å². The van der Waals surface area contributed by atoms with E-state index < -0.39 is 5.97 Å². The number of hydrogen-bond donors (Lipinski definition) is 0. The number of amides is 1. The number of ether oxygens (including phenoxy) is 1. The summed E-state index contributed by atoms with van der Waals surface area (Å²) >= 11 is 0. The van der Waals surface area contributed by atoms with Gasteiger partial charge in [0.25, 0.3) is 5.91 Å². The van der Waals surface area contributed by atoms with Gasteiger partial charge in [-0.15, -0.1) is 0 Å². The SMILES string of the molecule is CCCN(CCC)C(=O)c1cc(C(=O)OC)cc(-c2noc(C)n2)c1. The molecule has 0 bridgehead atoms. The van der Waals surface area contributed by atoms with Crippen molar-refractivity contribution in [2.45, 2.75) is 33.6 Å². The summed E-state index contributed by atoms with van der Waals surface area (Å²) in [7, 11) is 1.30. The molecule has 0 fully saturated rings. The van der Waals surface area contributed by atoms with Gasteiger partial charge in [-0.1, -0.05) is 19.0 Å². The third-order valence-electron chi connectivity index (χ3n) is 3.66. The summed E-state index contributed by atoms with van der Waals surface area (Å²) in [6.07, 6.45) is 1.72. The van der Waals surface area contributed by atoms with Crippen LogP contribution in [0, 0.1) is 6.92 Å². The molecular weight excluding hydrogens is 322 g/mol. The summed E-state index contributed by atoms with van der Waals surface area (Å²) < 4.78 is 9.79. The van der Waals surface area contributed by atoms with Crippen molar-refractivity contribution in [3.8, 4) is 11.4 Å². The second-order valence-electron chi connectivity index (χ2n) is 5.72. The first-order chi connectivity index (χ1) is 12.0. The first-order valence-electron chi connectivity index (χ1n) is 8.33. The average Bonchev–Trinajstić information content (AvgIpc) is 3.06. The van der Waals surface area contributed by atoms with Gasteiger partial charge in [0.2, 0.25) is 11.7 Å². The molecule has 1 amide bonds. The first-order valence-corrected chi connectivity index (χ1v) is 8.33.